The molecule has 2 heterocycles. The summed E-state index contributed by atoms with van der Waals surface area (Å²) in [5.41, 5.74) is 2.78. The Bertz CT molecular complexity index is 653. The molecule has 0 bridgehead atoms. The van der Waals surface area contributed by atoms with Gasteiger partial charge in [-0.3, -0.25) is 0 Å². The third kappa shape index (κ3) is 4.56. The zero-order chi connectivity index (χ0) is 16.3. The van der Waals surface area contributed by atoms with E-state index in [1.807, 2.05) is 50.7 Å². The summed E-state index contributed by atoms with van der Waals surface area (Å²) in [6.07, 6.45) is 0.702. The van der Waals surface area contributed by atoms with Crippen molar-refractivity contribution in [3.63, 3.8) is 0 Å². The summed E-state index contributed by atoms with van der Waals surface area (Å²) in [7, 11) is 0. The average Bonchev–Trinajstić information content (AvgIpc) is 2.93. The van der Waals surface area contributed by atoms with Crippen molar-refractivity contribution in [1.29, 1.82) is 0 Å². The van der Waals surface area contributed by atoms with Crippen LogP contribution in [-0.2, 0) is 6.42 Å². The van der Waals surface area contributed by atoms with E-state index in [0.717, 1.165) is 22.2 Å². The molecule has 2 rings (SSSR count). The first kappa shape index (κ1) is 16.5. The number of hydrogen-bond donors (Lipinski definition) is 2. The number of urea groups is 1. The molecule has 0 fully saturated rings. The monoisotopic (exact) mass is 321 g/mol. The fourth-order valence-electron chi connectivity index (χ4n) is 2.02. The Hall–Kier alpha value is -1.89. The van der Waals surface area contributed by atoms with Crippen LogP contribution in [0.4, 0.5) is 4.79 Å². The predicted molar refractivity (Wildman–Crippen MR) is 88.7 cm³/mol. The van der Waals surface area contributed by atoms with Crippen LogP contribution in [0, 0.1) is 13.8 Å². The lowest BCUT2D eigenvalue weighted by Crippen LogP contribution is -2.46. The third-order valence-electron chi connectivity index (χ3n) is 2.89. The SMILES string of the molecule is Cc1cc(C)n(-c2nc(CCNC(=O)NC(C)(C)C)cs2)n1. The third-order valence-corrected chi connectivity index (χ3v) is 3.75. The molecule has 6 nitrogen and oxygen atoms in total. The fourth-order valence-corrected chi connectivity index (χ4v) is 2.89. The molecule has 0 radical (unpaired) electrons. The fraction of sp³-hybridized carbons (Fsp3) is 0.533. The lowest BCUT2D eigenvalue weighted by atomic mass is 10.1. The number of aromatic nitrogens is 3. The molecule has 2 aromatic rings. The van der Waals surface area contributed by atoms with Gasteiger partial charge in [0.25, 0.3) is 0 Å². The summed E-state index contributed by atoms with van der Waals surface area (Å²) >= 11 is 1.56. The van der Waals surface area contributed by atoms with E-state index >= 15 is 0 Å². The van der Waals surface area contributed by atoms with Gasteiger partial charge in [-0.2, -0.15) is 5.10 Å². The molecule has 120 valence electrons. The lowest BCUT2D eigenvalue weighted by Gasteiger charge is -2.20. The first-order valence-corrected chi connectivity index (χ1v) is 8.16. The van der Waals surface area contributed by atoms with E-state index in [-0.39, 0.29) is 11.6 Å². The number of amides is 2. The van der Waals surface area contributed by atoms with Gasteiger partial charge in [0.1, 0.15) is 0 Å². The highest BCUT2D eigenvalue weighted by Gasteiger charge is 2.13. The number of nitrogens with one attached hydrogen (secondary N) is 2. The van der Waals surface area contributed by atoms with Gasteiger partial charge >= 0.3 is 6.03 Å². The van der Waals surface area contributed by atoms with Crippen LogP contribution in [0.1, 0.15) is 37.9 Å². The number of carbonyl (C=O) groups excluding carboxylic acids is 1. The van der Waals surface area contributed by atoms with Crippen LogP contribution in [0.3, 0.4) is 0 Å². The zero-order valence-corrected chi connectivity index (χ0v) is 14.5. The molecule has 22 heavy (non-hydrogen) atoms. The van der Waals surface area contributed by atoms with Gasteiger partial charge in [-0.1, -0.05) is 0 Å². The number of nitrogens with zero attached hydrogens (tertiary/aromatic N) is 3. The summed E-state index contributed by atoms with van der Waals surface area (Å²) < 4.78 is 1.85. The Morgan fingerprint density at radius 2 is 2.09 bits per heavy atom. The van der Waals surface area contributed by atoms with Crippen LogP contribution >= 0.6 is 11.3 Å². The van der Waals surface area contributed by atoms with Gasteiger partial charge < -0.3 is 10.6 Å². The maximum Gasteiger partial charge on any atom is 0.315 e. The van der Waals surface area contributed by atoms with Crippen molar-refractivity contribution in [3.8, 4) is 5.13 Å². The van der Waals surface area contributed by atoms with Crippen LogP contribution in [0.15, 0.2) is 11.4 Å². The normalized spacial score (nSPS) is 11.5. The summed E-state index contributed by atoms with van der Waals surface area (Å²) in [5, 5.41) is 13.0. The van der Waals surface area contributed by atoms with Gasteiger partial charge in [-0.05, 0) is 40.7 Å². The molecule has 0 aliphatic carbocycles. The topological polar surface area (TPSA) is 71.8 Å². The Kier molecular flexibility index (Phi) is 4.85. The quantitative estimate of drug-likeness (QED) is 0.909. The molecule has 7 heteroatoms. The van der Waals surface area contributed by atoms with Gasteiger partial charge in [0.15, 0.2) is 0 Å². The second-order valence-electron chi connectivity index (χ2n) is 6.34. The van der Waals surface area contributed by atoms with Crippen molar-refractivity contribution in [2.45, 2.75) is 46.6 Å². The van der Waals surface area contributed by atoms with Gasteiger partial charge in [0, 0.05) is 29.6 Å². The number of aryl methyl sites for hydroxylation is 2. The molecule has 0 saturated heterocycles. The van der Waals surface area contributed by atoms with E-state index in [2.05, 4.69) is 20.7 Å². The molecule has 0 spiro atoms. The smallest absolute Gasteiger partial charge is 0.315 e. The predicted octanol–water partition coefficient (Wildman–Crippen LogP) is 2.59. The van der Waals surface area contributed by atoms with Crippen molar-refractivity contribution in [3.05, 3.63) is 28.5 Å². The summed E-state index contributed by atoms with van der Waals surface area (Å²) in [6, 6.07) is 1.88. The maximum absolute atomic E-state index is 11.7. The molecule has 2 amide bonds. The average molecular weight is 321 g/mol. The van der Waals surface area contributed by atoms with Gasteiger partial charge in [-0.25, -0.2) is 14.5 Å². The minimum Gasteiger partial charge on any atom is -0.338 e. The molecule has 2 aromatic heterocycles. The Morgan fingerprint density at radius 3 is 2.68 bits per heavy atom. The highest BCUT2D eigenvalue weighted by molar-refractivity contribution is 7.12. The molecule has 0 saturated carbocycles. The van der Waals surface area contributed by atoms with Gasteiger partial charge in [0.05, 0.1) is 11.4 Å². The first-order valence-electron chi connectivity index (χ1n) is 7.29. The van der Waals surface area contributed by atoms with Crippen molar-refractivity contribution in [1.82, 2.24) is 25.4 Å². The minimum absolute atomic E-state index is 0.151. The van der Waals surface area contributed by atoms with Gasteiger partial charge in [-0.15, -0.1) is 11.3 Å². The molecule has 0 unspecified atom stereocenters. The zero-order valence-electron chi connectivity index (χ0n) is 13.7. The second kappa shape index (κ2) is 6.48. The molecular formula is C15H23N5OS. The Balaban J connectivity index is 1.88. The van der Waals surface area contributed by atoms with E-state index in [4.69, 9.17) is 0 Å². The lowest BCUT2D eigenvalue weighted by molar-refractivity contribution is 0.232. The second-order valence-corrected chi connectivity index (χ2v) is 7.18. The minimum atomic E-state index is -0.229. The molecular weight excluding hydrogens is 298 g/mol. The summed E-state index contributed by atoms with van der Waals surface area (Å²) in [5.74, 6) is 0. The molecule has 0 aliphatic heterocycles. The number of thiazole rings is 1. The van der Waals surface area contributed by atoms with Crippen molar-refractivity contribution < 1.29 is 4.79 Å². The van der Waals surface area contributed by atoms with E-state index < -0.39 is 0 Å². The van der Waals surface area contributed by atoms with Crippen molar-refractivity contribution in [2.24, 2.45) is 0 Å². The van der Waals surface area contributed by atoms with Crippen LogP contribution in [0.2, 0.25) is 0 Å². The number of carbonyl (C=O) groups is 1. The van der Waals surface area contributed by atoms with E-state index in [1.54, 1.807) is 11.3 Å². The van der Waals surface area contributed by atoms with E-state index in [1.165, 1.54) is 0 Å². The molecule has 0 aliphatic rings. The highest BCUT2D eigenvalue weighted by Crippen LogP contribution is 2.17. The summed E-state index contributed by atoms with van der Waals surface area (Å²) in [4.78, 5) is 16.2. The van der Waals surface area contributed by atoms with Crippen LogP contribution in [-0.4, -0.2) is 32.9 Å². The van der Waals surface area contributed by atoms with E-state index in [9.17, 15) is 4.79 Å². The van der Waals surface area contributed by atoms with Crippen LogP contribution < -0.4 is 10.6 Å². The number of hydrogen-bond acceptors (Lipinski definition) is 4. The number of rotatable bonds is 4. The maximum atomic E-state index is 11.7. The first-order chi connectivity index (χ1) is 10.2. The highest BCUT2D eigenvalue weighted by atomic mass is 32.1. The standard InChI is InChI=1S/C15H23N5OS/c1-10-8-11(2)20(19-10)14-17-12(9-22-14)6-7-16-13(21)18-15(3,4)5/h8-9H,6-7H2,1-5H3,(H2,16,18,21). The Morgan fingerprint density at radius 1 is 1.36 bits per heavy atom. The van der Waals surface area contributed by atoms with Gasteiger partial charge in [0.2, 0.25) is 5.13 Å². The molecule has 2 N–H and O–H groups in total. The van der Waals surface area contributed by atoms with Crippen molar-refractivity contribution >= 4 is 17.4 Å². The molecule has 0 atom stereocenters. The van der Waals surface area contributed by atoms with Crippen LogP contribution in [0.25, 0.3) is 5.13 Å². The van der Waals surface area contributed by atoms with E-state index in [0.29, 0.717) is 13.0 Å². The summed E-state index contributed by atoms with van der Waals surface area (Å²) in [6.45, 7) is 10.4. The van der Waals surface area contributed by atoms with Crippen molar-refractivity contribution in [2.75, 3.05) is 6.54 Å². The largest absolute Gasteiger partial charge is 0.338 e. The molecule has 0 aromatic carbocycles. The Labute approximate surface area is 135 Å². The van der Waals surface area contributed by atoms with Crippen LogP contribution in [0.5, 0.6) is 0 Å².